The first kappa shape index (κ1) is 20.9. The molecule has 0 bridgehead atoms. The molecule has 0 saturated carbocycles. The van der Waals surface area contributed by atoms with Crippen LogP contribution in [0.25, 0.3) is 0 Å². The zero-order valence-electron chi connectivity index (χ0n) is 17.6. The van der Waals surface area contributed by atoms with E-state index in [4.69, 9.17) is 0 Å². The summed E-state index contributed by atoms with van der Waals surface area (Å²) in [6.07, 6.45) is 1.61. The molecule has 29 heavy (non-hydrogen) atoms. The van der Waals surface area contributed by atoms with Crippen molar-refractivity contribution in [3.8, 4) is 0 Å². The van der Waals surface area contributed by atoms with E-state index >= 15 is 0 Å². The maximum Gasteiger partial charge on any atom is 0.317 e. The van der Waals surface area contributed by atoms with Gasteiger partial charge in [-0.15, -0.1) is 0 Å². The van der Waals surface area contributed by atoms with Gasteiger partial charge >= 0.3 is 6.03 Å². The number of rotatable bonds is 5. The van der Waals surface area contributed by atoms with Gasteiger partial charge in [0.05, 0.1) is 5.41 Å². The van der Waals surface area contributed by atoms with Crippen LogP contribution < -0.4 is 10.6 Å². The van der Waals surface area contributed by atoms with E-state index in [-0.39, 0.29) is 11.9 Å². The molecular formula is C24H31N3O2. The third-order valence-corrected chi connectivity index (χ3v) is 5.80. The number of hydrogen-bond donors (Lipinski definition) is 2. The summed E-state index contributed by atoms with van der Waals surface area (Å²) in [5.74, 6) is 0.0109. The second-order valence-electron chi connectivity index (χ2n) is 8.34. The number of urea groups is 1. The van der Waals surface area contributed by atoms with Crippen LogP contribution in [0.4, 0.5) is 4.79 Å². The van der Waals surface area contributed by atoms with Crippen molar-refractivity contribution in [1.29, 1.82) is 0 Å². The number of nitrogens with one attached hydrogen (secondary N) is 2. The quantitative estimate of drug-likeness (QED) is 0.808. The average Bonchev–Trinajstić information content (AvgIpc) is 2.72. The Bertz CT molecular complexity index is 863. The Labute approximate surface area is 173 Å². The molecule has 2 aromatic rings. The SMILES string of the molecule is Cc1ccc(CNC(=O)N2CCC[C@@](C)(C(=O)NCc3ccccc3C)C2)cc1. The van der Waals surface area contributed by atoms with Crippen LogP contribution in [-0.4, -0.2) is 29.9 Å². The van der Waals surface area contributed by atoms with Crippen molar-refractivity contribution in [3.63, 3.8) is 0 Å². The van der Waals surface area contributed by atoms with Gasteiger partial charge in [-0.05, 0) is 50.3 Å². The Morgan fingerprint density at radius 1 is 1.00 bits per heavy atom. The number of carbonyl (C=O) groups is 2. The van der Waals surface area contributed by atoms with E-state index in [0.717, 1.165) is 24.0 Å². The van der Waals surface area contributed by atoms with Crippen LogP contribution in [0.1, 0.15) is 42.0 Å². The van der Waals surface area contributed by atoms with Crippen molar-refractivity contribution >= 4 is 11.9 Å². The summed E-state index contributed by atoms with van der Waals surface area (Å²) in [6.45, 7) is 8.17. The molecule has 0 spiro atoms. The minimum atomic E-state index is -0.567. The summed E-state index contributed by atoms with van der Waals surface area (Å²) in [5, 5.41) is 6.06. The molecule has 5 nitrogen and oxygen atoms in total. The van der Waals surface area contributed by atoms with Crippen LogP contribution in [0.3, 0.4) is 0 Å². The van der Waals surface area contributed by atoms with E-state index in [1.165, 1.54) is 11.1 Å². The number of carbonyl (C=O) groups excluding carboxylic acids is 2. The third-order valence-electron chi connectivity index (χ3n) is 5.80. The number of hydrogen-bond acceptors (Lipinski definition) is 2. The summed E-state index contributed by atoms with van der Waals surface area (Å²) in [7, 11) is 0. The number of amides is 3. The van der Waals surface area contributed by atoms with Crippen LogP contribution >= 0.6 is 0 Å². The Hall–Kier alpha value is -2.82. The number of aryl methyl sites for hydroxylation is 2. The Balaban J connectivity index is 1.54. The van der Waals surface area contributed by atoms with Gasteiger partial charge in [-0.3, -0.25) is 4.79 Å². The summed E-state index contributed by atoms with van der Waals surface area (Å²) in [6, 6.07) is 16.1. The van der Waals surface area contributed by atoms with Crippen molar-refractivity contribution in [3.05, 3.63) is 70.8 Å². The van der Waals surface area contributed by atoms with Gasteiger partial charge in [-0.1, -0.05) is 54.1 Å². The van der Waals surface area contributed by atoms with Gasteiger partial charge in [0.25, 0.3) is 0 Å². The summed E-state index contributed by atoms with van der Waals surface area (Å²) >= 11 is 0. The number of piperidine rings is 1. The fourth-order valence-electron chi connectivity index (χ4n) is 3.79. The van der Waals surface area contributed by atoms with Crippen LogP contribution in [0.2, 0.25) is 0 Å². The minimum Gasteiger partial charge on any atom is -0.351 e. The van der Waals surface area contributed by atoms with Crippen LogP contribution in [0.5, 0.6) is 0 Å². The molecule has 154 valence electrons. The third kappa shape index (κ3) is 5.37. The van der Waals surface area contributed by atoms with Crippen molar-refractivity contribution in [2.75, 3.05) is 13.1 Å². The van der Waals surface area contributed by atoms with E-state index in [9.17, 15) is 9.59 Å². The van der Waals surface area contributed by atoms with Gasteiger partial charge in [0.2, 0.25) is 5.91 Å². The molecule has 3 rings (SSSR count). The first-order valence-corrected chi connectivity index (χ1v) is 10.3. The average molecular weight is 394 g/mol. The molecule has 1 aliphatic rings. The first-order valence-electron chi connectivity index (χ1n) is 10.3. The predicted molar refractivity (Wildman–Crippen MR) is 115 cm³/mol. The molecule has 1 heterocycles. The lowest BCUT2D eigenvalue weighted by Gasteiger charge is -2.39. The van der Waals surface area contributed by atoms with E-state index in [1.807, 2.05) is 69.3 Å². The van der Waals surface area contributed by atoms with E-state index in [1.54, 1.807) is 4.90 Å². The molecule has 0 aromatic heterocycles. The monoisotopic (exact) mass is 393 g/mol. The van der Waals surface area contributed by atoms with Crippen LogP contribution in [0.15, 0.2) is 48.5 Å². The molecule has 0 aliphatic carbocycles. The standard InChI is InChI=1S/C24H31N3O2/c1-18-9-11-20(12-10-18)15-26-23(29)27-14-6-13-24(3,17-27)22(28)25-16-21-8-5-4-7-19(21)2/h4-5,7-12H,6,13-17H2,1-3H3,(H,25,28)(H,26,29)/t24-/m1/s1. The van der Waals surface area contributed by atoms with Crippen LogP contribution in [0, 0.1) is 19.3 Å². The summed E-state index contributed by atoms with van der Waals surface area (Å²) in [5.41, 5.74) is 3.98. The van der Waals surface area contributed by atoms with E-state index in [0.29, 0.717) is 26.2 Å². The maximum absolute atomic E-state index is 12.9. The zero-order valence-corrected chi connectivity index (χ0v) is 17.6. The molecule has 1 fully saturated rings. The van der Waals surface area contributed by atoms with Gasteiger partial charge in [-0.2, -0.15) is 0 Å². The van der Waals surface area contributed by atoms with Crippen molar-refractivity contribution in [2.45, 2.75) is 46.7 Å². The predicted octanol–water partition coefficient (Wildman–Crippen LogP) is 3.93. The van der Waals surface area contributed by atoms with E-state index < -0.39 is 5.41 Å². The smallest absolute Gasteiger partial charge is 0.317 e. The second-order valence-corrected chi connectivity index (χ2v) is 8.34. The van der Waals surface area contributed by atoms with Crippen molar-refractivity contribution < 1.29 is 9.59 Å². The molecule has 5 heteroatoms. The molecular weight excluding hydrogens is 362 g/mol. The highest BCUT2D eigenvalue weighted by Gasteiger charge is 2.39. The molecule has 3 amide bonds. The lowest BCUT2D eigenvalue weighted by molar-refractivity contribution is -0.132. The Kier molecular flexibility index (Phi) is 6.57. The van der Waals surface area contributed by atoms with Crippen LogP contribution in [-0.2, 0) is 17.9 Å². The zero-order chi connectivity index (χ0) is 20.9. The molecule has 2 aromatic carbocycles. The second kappa shape index (κ2) is 9.12. The van der Waals surface area contributed by atoms with Gasteiger partial charge in [0.15, 0.2) is 0 Å². The normalized spacial score (nSPS) is 18.9. The highest BCUT2D eigenvalue weighted by Crippen LogP contribution is 2.30. The molecule has 0 radical (unpaired) electrons. The highest BCUT2D eigenvalue weighted by molar-refractivity contribution is 5.84. The Morgan fingerprint density at radius 3 is 2.45 bits per heavy atom. The summed E-state index contributed by atoms with van der Waals surface area (Å²) < 4.78 is 0. The lowest BCUT2D eigenvalue weighted by atomic mass is 9.81. The number of benzene rings is 2. The minimum absolute atomic E-state index is 0.0109. The number of nitrogens with zero attached hydrogens (tertiary/aromatic N) is 1. The molecule has 1 aliphatic heterocycles. The van der Waals surface area contributed by atoms with Crippen molar-refractivity contribution in [2.24, 2.45) is 5.41 Å². The van der Waals surface area contributed by atoms with Gasteiger partial charge in [-0.25, -0.2) is 4.79 Å². The maximum atomic E-state index is 12.9. The summed E-state index contributed by atoms with van der Waals surface area (Å²) in [4.78, 5) is 27.3. The largest absolute Gasteiger partial charge is 0.351 e. The lowest BCUT2D eigenvalue weighted by Crippen LogP contribution is -2.53. The highest BCUT2D eigenvalue weighted by atomic mass is 16.2. The van der Waals surface area contributed by atoms with Gasteiger partial charge < -0.3 is 15.5 Å². The topological polar surface area (TPSA) is 61.4 Å². The van der Waals surface area contributed by atoms with Gasteiger partial charge in [0, 0.05) is 26.2 Å². The molecule has 1 saturated heterocycles. The fourth-order valence-corrected chi connectivity index (χ4v) is 3.79. The number of likely N-dealkylation sites (tertiary alicyclic amines) is 1. The fraction of sp³-hybridized carbons (Fsp3) is 0.417. The van der Waals surface area contributed by atoms with E-state index in [2.05, 4.69) is 10.6 Å². The Morgan fingerprint density at radius 2 is 1.72 bits per heavy atom. The van der Waals surface area contributed by atoms with Gasteiger partial charge in [0.1, 0.15) is 0 Å². The first-order chi connectivity index (χ1) is 13.9. The molecule has 2 N–H and O–H groups in total. The molecule has 0 unspecified atom stereocenters. The van der Waals surface area contributed by atoms with Crippen molar-refractivity contribution in [1.82, 2.24) is 15.5 Å². The molecule has 1 atom stereocenters.